The number of benzene rings is 3. The molecule has 3 nitrogen and oxygen atoms in total. The summed E-state index contributed by atoms with van der Waals surface area (Å²) in [5.74, 6) is -0.0165. The van der Waals surface area contributed by atoms with Gasteiger partial charge in [-0.1, -0.05) is 54.6 Å². The molecule has 0 aliphatic carbocycles. The number of hydrogen-bond donors (Lipinski definition) is 1. The van der Waals surface area contributed by atoms with E-state index in [-0.39, 0.29) is 5.91 Å². The summed E-state index contributed by atoms with van der Waals surface area (Å²) in [6.45, 7) is 2.50. The molecule has 0 fully saturated rings. The number of amides is 1. The van der Waals surface area contributed by atoms with E-state index in [1.54, 1.807) is 0 Å². The predicted octanol–water partition coefficient (Wildman–Crippen LogP) is 4.18. The second-order valence-electron chi connectivity index (χ2n) is 6.66. The second-order valence-corrected chi connectivity index (χ2v) is 6.66. The third kappa shape index (κ3) is 3.62. The highest BCUT2D eigenvalue weighted by molar-refractivity contribution is 5.94. The highest BCUT2D eigenvalue weighted by atomic mass is 16.1. The number of anilines is 1. The first-order valence-electron chi connectivity index (χ1n) is 9.03. The van der Waals surface area contributed by atoms with Crippen molar-refractivity contribution in [2.75, 3.05) is 11.4 Å². The van der Waals surface area contributed by atoms with Crippen LogP contribution in [0.15, 0.2) is 78.9 Å². The van der Waals surface area contributed by atoms with Crippen LogP contribution in [-0.2, 0) is 19.5 Å². The lowest BCUT2D eigenvalue weighted by Gasteiger charge is -2.18. The van der Waals surface area contributed by atoms with Crippen LogP contribution in [0.25, 0.3) is 0 Å². The molecule has 3 aromatic carbocycles. The normalized spacial score (nSPS) is 12.7. The lowest BCUT2D eigenvalue weighted by molar-refractivity contribution is 0.0954. The molecule has 4 rings (SSSR count). The van der Waals surface area contributed by atoms with Crippen molar-refractivity contribution in [3.05, 3.63) is 101 Å². The Bertz CT molecular complexity index is 863. The standard InChI is InChI=1S/C23H22N2O/c26-23(24-15-14-18-6-2-1-3-7-18)19-10-12-22(13-11-19)25-16-20-8-4-5-9-21(20)17-25/h1-13H,14-17H2,(H,24,26). The maximum absolute atomic E-state index is 12.3. The molecule has 1 heterocycles. The Hall–Kier alpha value is -3.07. The van der Waals surface area contributed by atoms with Crippen LogP contribution in [0.1, 0.15) is 27.0 Å². The number of carbonyl (C=O) groups is 1. The van der Waals surface area contributed by atoms with Crippen LogP contribution in [0.4, 0.5) is 5.69 Å². The van der Waals surface area contributed by atoms with Crippen molar-refractivity contribution >= 4 is 11.6 Å². The molecule has 0 radical (unpaired) electrons. The summed E-state index contributed by atoms with van der Waals surface area (Å²) >= 11 is 0. The summed E-state index contributed by atoms with van der Waals surface area (Å²) < 4.78 is 0. The van der Waals surface area contributed by atoms with E-state index in [9.17, 15) is 4.79 Å². The largest absolute Gasteiger partial charge is 0.363 e. The minimum atomic E-state index is -0.0165. The number of nitrogens with zero attached hydrogens (tertiary/aromatic N) is 1. The van der Waals surface area contributed by atoms with Crippen LogP contribution in [0, 0.1) is 0 Å². The molecule has 1 N–H and O–H groups in total. The highest BCUT2D eigenvalue weighted by Gasteiger charge is 2.18. The first-order chi connectivity index (χ1) is 12.8. The van der Waals surface area contributed by atoms with Crippen molar-refractivity contribution in [2.24, 2.45) is 0 Å². The molecule has 130 valence electrons. The Morgan fingerprint density at radius 2 is 1.42 bits per heavy atom. The number of hydrogen-bond acceptors (Lipinski definition) is 2. The van der Waals surface area contributed by atoms with Crippen LogP contribution in [0.3, 0.4) is 0 Å². The minimum absolute atomic E-state index is 0.0165. The first-order valence-corrected chi connectivity index (χ1v) is 9.03. The highest BCUT2D eigenvalue weighted by Crippen LogP contribution is 2.28. The van der Waals surface area contributed by atoms with E-state index < -0.39 is 0 Å². The van der Waals surface area contributed by atoms with Crippen molar-refractivity contribution in [2.45, 2.75) is 19.5 Å². The molecule has 0 atom stereocenters. The van der Waals surface area contributed by atoms with Gasteiger partial charge >= 0.3 is 0 Å². The Kier molecular flexibility index (Phi) is 4.69. The molecule has 0 spiro atoms. The number of nitrogens with one attached hydrogen (secondary N) is 1. The van der Waals surface area contributed by atoms with Crippen molar-refractivity contribution in [1.82, 2.24) is 5.32 Å². The van der Waals surface area contributed by atoms with Gasteiger partial charge in [0.15, 0.2) is 0 Å². The molecule has 0 unspecified atom stereocenters. The zero-order valence-electron chi connectivity index (χ0n) is 14.7. The summed E-state index contributed by atoms with van der Waals surface area (Å²) in [6, 6.07) is 26.7. The van der Waals surface area contributed by atoms with Gasteiger partial charge in [-0.05, 0) is 47.4 Å². The summed E-state index contributed by atoms with van der Waals surface area (Å²) in [5.41, 5.74) is 5.86. The third-order valence-corrected chi connectivity index (χ3v) is 4.88. The van der Waals surface area contributed by atoms with Gasteiger partial charge in [-0.15, -0.1) is 0 Å². The molecule has 26 heavy (non-hydrogen) atoms. The van der Waals surface area contributed by atoms with Gasteiger partial charge < -0.3 is 10.2 Å². The van der Waals surface area contributed by atoms with Crippen LogP contribution in [0.5, 0.6) is 0 Å². The van der Waals surface area contributed by atoms with E-state index in [2.05, 4.69) is 46.6 Å². The lowest BCUT2D eigenvalue weighted by atomic mass is 10.1. The maximum Gasteiger partial charge on any atom is 0.251 e. The number of carbonyl (C=O) groups excluding carboxylic acids is 1. The summed E-state index contributed by atoms with van der Waals surface area (Å²) in [4.78, 5) is 14.7. The molecule has 0 aromatic heterocycles. The Labute approximate surface area is 154 Å². The van der Waals surface area contributed by atoms with Crippen molar-refractivity contribution in [1.29, 1.82) is 0 Å². The average molecular weight is 342 g/mol. The van der Waals surface area contributed by atoms with Crippen LogP contribution >= 0.6 is 0 Å². The van der Waals surface area contributed by atoms with E-state index in [4.69, 9.17) is 0 Å². The van der Waals surface area contributed by atoms with E-state index >= 15 is 0 Å². The Morgan fingerprint density at radius 3 is 2.08 bits per heavy atom. The van der Waals surface area contributed by atoms with E-state index in [1.165, 1.54) is 16.7 Å². The lowest BCUT2D eigenvalue weighted by Crippen LogP contribution is -2.25. The molecule has 1 amide bonds. The van der Waals surface area contributed by atoms with Gasteiger partial charge in [0.2, 0.25) is 0 Å². The van der Waals surface area contributed by atoms with Crippen LogP contribution in [-0.4, -0.2) is 12.5 Å². The average Bonchev–Trinajstić information content (AvgIpc) is 3.13. The molecule has 0 bridgehead atoms. The summed E-state index contributed by atoms with van der Waals surface area (Å²) in [7, 11) is 0. The SMILES string of the molecule is O=C(NCCc1ccccc1)c1ccc(N2Cc3ccccc3C2)cc1. The maximum atomic E-state index is 12.3. The van der Waals surface area contributed by atoms with E-state index in [0.717, 1.165) is 25.2 Å². The van der Waals surface area contributed by atoms with Gasteiger partial charge in [0.1, 0.15) is 0 Å². The Morgan fingerprint density at radius 1 is 0.808 bits per heavy atom. The fourth-order valence-corrected chi connectivity index (χ4v) is 3.41. The Balaban J connectivity index is 1.33. The summed E-state index contributed by atoms with van der Waals surface area (Å²) in [5, 5.41) is 3.00. The van der Waals surface area contributed by atoms with Gasteiger partial charge in [0, 0.05) is 30.9 Å². The molecule has 1 aliphatic rings. The van der Waals surface area contributed by atoms with Gasteiger partial charge in [-0.2, -0.15) is 0 Å². The quantitative estimate of drug-likeness (QED) is 0.754. The second kappa shape index (κ2) is 7.44. The fraction of sp³-hybridized carbons (Fsp3) is 0.174. The van der Waals surface area contributed by atoms with Crippen molar-refractivity contribution in [3.63, 3.8) is 0 Å². The van der Waals surface area contributed by atoms with Gasteiger partial charge in [-0.3, -0.25) is 4.79 Å². The van der Waals surface area contributed by atoms with Crippen molar-refractivity contribution in [3.8, 4) is 0 Å². The molecular formula is C23H22N2O. The predicted molar refractivity (Wildman–Crippen MR) is 105 cm³/mol. The van der Waals surface area contributed by atoms with Crippen molar-refractivity contribution < 1.29 is 4.79 Å². The first kappa shape index (κ1) is 16.4. The number of fused-ring (bicyclic) bond motifs is 1. The van der Waals surface area contributed by atoms with E-state index in [0.29, 0.717) is 12.1 Å². The zero-order valence-corrected chi connectivity index (χ0v) is 14.7. The molecular weight excluding hydrogens is 320 g/mol. The molecule has 3 heteroatoms. The van der Waals surface area contributed by atoms with Gasteiger partial charge in [-0.25, -0.2) is 0 Å². The molecule has 0 saturated carbocycles. The van der Waals surface area contributed by atoms with Crippen LogP contribution in [0.2, 0.25) is 0 Å². The van der Waals surface area contributed by atoms with Gasteiger partial charge in [0.05, 0.1) is 0 Å². The molecule has 1 aliphatic heterocycles. The monoisotopic (exact) mass is 342 g/mol. The molecule has 3 aromatic rings. The summed E-state index contributed by atoms with van der Waals surface area (Å²) in [6.07, 6.45) is 0.844. The number of rotatable bonds is 5. The molecule has 0 saturated heterocycles. The minimum Gasteiger partial charge on any atom is -0.363 e. The van der Waals surface area contributed by atoms with Gasteiger partial charge in [0.25, 0.3) is 5.91 Å². The smallest absolute Gasteiger partial charge is 0.251 e. The fourth-order valence-electron chi connectivity index (χ4n) is 3.41. The van der Waals surface area contributed by atoms with E-state index in [1.807, 2.05) is 42.5 Å². The topological polar surface area (TPSA) is 32.3 Å². The third-order valence-electron chi connectivity index (χ3n) is 4.88. The zero-order chi connectivity index (χ0) is 17.8. The van der Waals surface area contributed by atoms with Crippen LogP contribution < -0.4 is 10.2 Å².